The van der Waals surface area contributed by atoms with E-state index in [0.29, 0.717) is 12.8 Å². The molecule has 0 atom stereocenters. The summed E-state index contributed by atoms with van der Waals surface area (Å²) in [5.74, 6) is -0.418. The van der Waals surface area contributed by atoms with Gasteiger partial charge in [-0.3, -0.25) is 4.79 Å². The van der Waals surface area contributed by atoms with Crippen molar-refractivity contribution < 1.29 is 19.4 Å². The summed E-state index contributed by atoms with van der Waals surface area (Å²) in [5, 5.41) is 17.5. The first-order chi connectivity index (χ1) is 7.55. The number of likely N-dealkylation sites (tertiary alicyclic amines) is 1. The lowest BCUT2D eigenvalue weighted by atomic mass is 9.76. The number of carbonyl (C=O) groups excluding carboxylic acids is 1. The summed E-state index contributed by atoms with van der Waals surface area (Å²) in [6.45, 7) is 0.540. The molecule has 0 unspecified atom stereocenters. The molecule has 1 saturated heterocycles. The first kappa shape index (κ1) is 12.3. The molecule has 1 aliphatic heterocycles. The average Bonchev–Trinajstić information content (AvgIpc) is 2.29. The van der Waals surface area contributed by atoms with Crippen LogP contribution in [0.25, 0.3) is 0 Å². The van der Waals surface area contributed by atoms with Crippen molar-refractivity contribution in [2.75, 3.05) is 20.2 Å². The zero-order chi connectivity index (χ0) is 12.2. The fourth-order valence-electron chi connectivity index (χ4n) is 1.95. The molecule has 88 valence electrons. The molecule has 1 heterocycles. The van der Waals surface area contributed by atoms with Crippen molar-refractivity contribution in [3.63, 3.8) is 0 Å². The Kier molecular flexibility index (Phi) is 3.72. The van der Waals surface area contributed by atoms with Gasteiger partial charge in [0.05, 0.1) is 25.0 Å². The number of rotatable bonds is 2. The summed E-state index contributed by atoms with van der Waals surface area (Å²) in [5.41, 5.74) is -0.824. The van der Waals surface area contributed by atoms with Gasteiger partial charge in [-0.1, -0.05) is 0 Å². The molecule has 0 bridgehead atoms. The average molecular weight is 226 g/mol. The van der Waals surface area contributed by atoms with Crippen LogP contribution >= 0.6 is 0 Å². The van der Waals surface area contributed by atoms with Crippen LogP contribution in [-0.2, 0) is 9.53 Å². The van der Waals surface area contributed by atoms with Gasteiger partial charge in [0.15, 0.2) is 0 Å². The molecule has 6 nitrogen and oxygen atoms in total. The molecule has 0 aromatic carbocycles. The monoisotopic (exact) mass is 226 g/mol. The van der Waals surface area contributed by atoms with Crippen LogP contribution in [0.1, 0.15) is 19.3 Å². The number of hydrogen-bond donors (Lipinski definition) is 1. The van der Waals surface area contributed by atoms with E-state index in [4.69, 9.17) is 10.4 Å². The van der Waals surface area contributed by atoms with Crippen LogP contribution < -0.4 is 0 Å². The predicted octanol–water partition coefficient (Wildman–Crippen LogP) is 0.833. The molecule has 0 aromatic rings. The highest BCUT2D eigenvalue weighted by Gasteiger charge is 2.43. The Bertz CT molecular complexity index is 326. The smallest absolute Gasteiger partial charge is 0.407 e. The lowest BCUT2D eigenvalue weighted by Crippen LogP contribution is -2.46. The Labute approximate surface area is 93.4 Å². The Morgan fingerprint density at radius 1 is 1.50 bits per heavy atom. The number of piperidine rings is 1. The van der Waals surface area contributed by atoms with E-state index in [1.807, 2.05) is 6.07 Å². The lowest BCUT2D eigenvalue weighted by Gasteiger charge is -2.37. The summed E-state index contributed by atoms with van der Waals surface area (Å²) < 4.78 is 4.69. The lowest BCUT2D eigenvalue weighted by molar-refractivity contribution is -0.155. The number of carbonyl (C=O) groups is 2. The van der Waals surface area contributed by atoms with Gasteiger partial charge in [0.2, 0.25) is 0 Å². The van der Waals surface area contributed by atoms with Gasteiger partial charge in [0.1, 0.15) is 0 Å². The minimum atomic E-state index is -0.990. The highest BCUT2D eigenvalue weighted by molar-refractivity contribution is 5.77. The Morgan fingerprint density at radius 3 is 2.44 bits per heavy atom. The summed E-state index contributed by atoms with van der Waals surface area (Å²) in [6, 6.07) is 1.97. The number of methoxy groups -OCH3 is 1. The van der Waals surface area contributed by atoms with Crippen molar-refractivity contribution in [2.45, 2.75) is 19.3 Å². The number of esters is 1. The summed E-state index contributed by atoms with van der Waals surface area (Å²) in [6.07, 6.45) is -0.220. The van der Waals surface area contributed by atoms with E-state index < -0.39 is 17.5 Å². The first-order valence-electron chi connectivity index (χ1n) is 4.99. The van der Waals surface area contributed by atoms with E-state index in [9.17, 15) is 9.59 Å². The van der Waals surface area contributed by atoms with E-state index in [1.54, 1.807) is 0 Å². The maximum absolute atomic E-state index is 11.6. The predicted molar refractivity (Wildman–Crippen MR) is 53.5 cm³/mol. The van der Waals surface area contributed by atoms with E-state index in [0.717, 1.165) is 0 Å². The van der Waals surface area contributed by atoms with Gasteiger partial charge in [0, 0.05) is 13.1 Å². The Balaban J connectivity index is 2.74. The van der Waals surface area contributed by atoms with Crippen molar-refractivity contribution in [2.24, 2.45) is 5.41 Å². The number of amides is 1. The van der Waals surface area contributed by atoms with Crippen molar-refractivity contribution >= 4 is 12.1 Å². The van der Waals surface area contributed by atoms with Gasteiger partial charge < -0.3 is 14.7 Å². The Hall–Kier alpha value is -1.77. The second kappa shape index (κ2) is 4.84. The molecule has 1 N–H and O–H groups in total. The third-order valence-corrected chi connectivity index (χ3v) is 3.03. The largest absolute Gasteiger partial charge is 0.469 e. The molecule has 1 fully saturated rings. The minimum absolute atomic E-state index is 0.0765. The molecular weight excluding hydrogens is 212 g/mol. The topological polar surface area (TPSA) is 90.6 Å². The van der Waals surface area contributed by atoms with Crippen LogP contribution in [0.5, 0.6) is 0 Å². The van der Waals surface area contributed by atoms with Crippen LogP contribution in [-0.4, -0.2) is 42.3 Å². The highest BCUT2D eigenvalue weighted by atomic mass is 16.5. The van der Waals surface area contributed by atoms with Gasteiger partial charge in [0.25, 0.3) is 0 Å². The third-order valence-electron chi connectivity index (χ3n) is 3.03. The molecule has 0 aromatic heterocycles. The molecule has 1 amide bonds. The zero-order valence-electron chi connectivity index (χ0n) is 9.10. The fraction of sp³-hybridized carbons (Fsp3) is 0.700. The summed E-state index contributed by atoms with van der Waals surface area (Å²) in [4.78, 5) is 23.6. The van der Waals surface area contributed by atoms with Gasteiger partial charge in [-0.05, 0) is 12.8 Å². The SMILES string of the molecule is COC(=O)C1(CC#N)CCN(C(=O)O)CC1. The van der Waals surface area contributed by atoms with Crippen LogP contribution in [0.15, 0.2) is 0 Å². The number of nitriles is 1. The van der Waals surface area contributed by atoms with Crippen molar-refractivity contribution in [3.05, 3.63) is 0 Å². The second-order valence-electron chi connectivity index (χ2n) is 3.88. The third kappa shape index (κ3) is 2.24. The van der Waals surface area contributed by atoms with Crippen LogP contribution in [0, 0.1) is 16.7 Å². The molecule has 16 heavy (non-hydrogen) atoms. The normalized spacial score (nSPS) is 18.6. The van der Waals surface area contributed by atoms with Crippen molar-refractivity contribution in [1.82, 2.24) is 4.90 Å². The van der Waals surface area contributed by atoms with Gasteiger partial charge in [-0.25, -0.2) is 4.79 Å². The Morgan fingerprint density at radius 2 is 2.06 bits per heavy atom. The summed E-state index contributed by atoms with van der Waals surface area (Å²) >= 11 is 0. The molecule has 0 spiro atoms. The van der Waals surface area contributed by atoms with E-state index in [-0.39, 0.29) is 19.5 Å². The quantitative estimate of drug-likeness (QED) is 0.704. The van der Waals surface area contributed by atoms with Gasteiger partial charge in [-0.15, -0.1) is 0 Å². The van der Waals surface area contributed by atoms with Crippen LogP contribution in [0.4, 0.5) is 4.79 Å². The van der Waals surface area contributed by atoms with Gasteiger partial charge in [-0.2, -0.15) is 5.26 Å². The van der Waals surface area contributed by atoms with Crippen LogP contribution in [0.3, 0.4) is 0 Å². The maximum Gasteiger partial charge on any atom is 0.407 e. The molecule has 1 aliphatic rings. The second-order valence-corrected chi connectivity index (χ2v) is 3.88. The first-order valence-corrected chi connectivity index (χ1v) is 4.99. The fourth-order valence-corrected chi connectivity index (χ4v) is 1.95. The van der Waals surface area contributed by atoms with Crippen molar-refractivity contribution in [3.8, 4) is 6.07 Å². The molecule has 0 saturated carbocycles. The standard InChI is InChI=1S/C10H14N2O4/c1-16-8(13)10(2-5-11)3-6-12(7-4-10)9(14)15/h2-4,6-7H2,1H3,(H,14,15). The van der Waals surface area contributed by atoms with E-state index >= 15 is 0 Å². The number of carboxylic acid groups (broad SMARTS) is 1. The molecule has 0 aliphatic carbocycles. The van der Waals surface area contributed by atoms with Crippen molar-refractivity contribution in [1.29, 1.82) is 5.26 Å². The maximum atomic E-state index is 11.6. The number of hydrogen-bond acceptors (Lipinski definition) is 4. The minimum Gasteiger partial charge on any atom is -0.469 e. The molecular formula is C10H14N2O4. The number of ether oxygens (including phenoxy) is 1. The van der Waals surface area contributed by atoms with Crippen LogP contribution in [0.2, 0.25) is 0 Å². The van der Waals surface area contributed by atoms with E-state index in [1.165, 1.54) is 12.0 Å². The number of nitrogens with zero attached hydrogens (tertiary/aromatic N) is 2. The molecule has 6 heteroatoms. The molecule has 0 radical (unpaired) electrons. The zero-order valence-corrected chi connectivity index (χ0v) is 9.10. The highest BCUT2D eigenvalue weighted by Crippen LogP contribution is 2.35. The van der Waals surface area contributed by atoms with Gasteiger partial charge >= 0.3 is 12.1 Å². The molecule has 1 rings (SSSR count). The summed E-state index contributed by atoms with van der Waals surface area (Å²) in [7, 11) is 1.28. The van der Waals surface area contributed by atoms with E-state index in [2.05, 4.69) is 4.74 Å².